The lowest BCUT2D eigenvalue weighted by Gasteiger charge is -2.10. The van der Waals surface area contributed by atoms with E-state index in [4.69, 9.17) is 0 Å². The molecule has 0 aliphatic heterocycles. The SMILES string of the molecule is Cc1nn(C)c(C)c1C(=O)Nc1c(Br)cc([N+](=O)[O-])cc1Br. The predicted molar refractivity (Wildman–Crippen MR) is 89.1 cm³/mol. The monoisotopic (exact) mass is 430 g/mol. The second-order valence-corrected chi connectivity index (χ2v) is 6.37. The number of anilines is 1. The van der Waals surface area contributed by atoms with Crippen LogP contribution in [-0.2, 0) is 7.05 Å². The summed E-state index contributed by atoms with van der Waals surface area (Å²) in [5.74, 6) is -0.321. The van der Waals surface area contributed by atoms with E-state index in [0.29, 0.717) is 25.9 Å². The lowest BCUT2D eigenvalue weighted by atomic mass is 10.2. The van der Waals surface area contributed by atoms with Crippen molar-refractivity contribution < 1.29 is 9.72 Å². The summed E-state index contributed by atoms with van der Waals surface area (Å²) in [5.41, 5.74) is 2.19. The van der Waals surface area contributed by atoms with Gasteiger partial charge in [0.2, 0.25) is 0 Å². The Hall–Kier alpha value is -1.74. The molecule has 116 valence electrons. The molecule has 22 heavy (non-hydrogen) atoms. The quantitative estimate of drug-likeness (QED) is 0.592. The highest BCUT2D eigenvalue weighted by molar-refractivity contribution is 9.11. The van der Waals surface area contributed by atoms with Crippen LogP contribution in [0.25, 0.3) is 0 Å². The molecule has 0 radical (unpaired) electrons. The van der Waals surface area contributed by atoms with Crippen LogP contribution < -0.4 is 5.32 Å². The number of carbonyl (C=O) groups excluding carboxylic acids is 1. The van der Waals surface area contributed by atoms with Crippen LogP contribution >= 0.6 is 31.9 Å². The molecular formula is C13H12Br2N4O3. The molecule has 0 unspecified atom stereocenters. The first kappa shape index (κ1) is 16.6. The Balaban J connectivity index is 2.39. The van der Waals surface area contributed by atoms with Gasteiger partial charge in [0.1, 0.15) is 0 Å². The van der Waals surface area contributed by atoms with Crippen molar-refractivity contribution in [1.29, 1.82) is 0 Å². The standard InChI is InChI=1S/C13H12Br2N4O3/c1-6-11(7(2)18(3)17-6)13(20)16-12-9(14)4-8(19(21)22)5-10(12)15/h4-5H,1-3H3,(H,16,20). The maximum absolute atomic E-state index is 12.5. The molecule has 1 heterocycles. The van der Waals surface area contributed by atoms with Crippen molar-refractivity contribution in [3.05, 3.63) is 48.1 Å². The molecule has 0 aliphatic carbocycles. The van der Waals surface area contributed by atoms with Crippen molar-refractivity contribution >= 4 is 49.1 Å². The summed E-state index contributed by atoms with van der Waals surface area (Å²) < 4.78 is 2.46. The highest BCUT2D eigenvalue weighted by Gasteiger charge is 2.21. The number of hydrogen-bond acceptors (Lipinski definition) is 4. The molecule has 2 aromatic rings. The molecule has 1 aromatic heterocycles. The first-order valence-corrected chi connectivity index (χ1v) is 7.76. The molecule has 0 saturated heterocycles. The topological polar surface area (TPSA) is 90.1 Å². The number of benzene rings is 1. The Morgan fingerprint density at radius 2 is 1.86 bits per heavy atom. The fraction of sp³-hybridized carbons (Fsp3) is 0.231. The van der Waals surface area contributed by atoms with Crippen LogP contribution in [-0.4, -0.2) is 20.6 Å². The van der Waals surface area contributed by atoms with E-state index in [1.165, 1.54) is 12.1 Å². The number of halogens is 2. The summed E-state index contributed by atoms with van der Waals surface area (Å²) in [6.45, 7) is 3.55. The Morgan fingerprint density at radius 3 is 2.27 bits per heavy atom. The van der Waals surface area contributed by atoms with E-state index < -0.39 is 4.92 Å². The van der Waals surface area contributed by atoms with E-state index in [-0.39, 0.29) is 11.6 Å². The normalized spacial score (nSPS) is 10.6. The van der Waals surface area contributed by atoms with Gasteiger partial charge >= 0.3 is 0 Å². The number of nitrogens with one attached hydrogen (secondary N) is 1. The largest absolute Gasteiger partial charge is 0.320 e. The van der Waals surface area contributed by atoms with Gasteiger partial charge in [-0.25, -0.2) is 0 Å². The Kier molecular flexibility index (Phi) is 4.66. The van der Waals surface area contributed by atoms with Crippen LogP contribution in [0.3, 0.4) is 0 Å². The highest BCUT2D eigenvalue weighted by atomic mass is 79.9. The molecule has 0 saturated carbocycles. The van der Waals surface area contributed by atoms with Crippen LogP contribution in [0.2, 0.25) is 0 Å². The van der Waals surface area contributed by atoms with Crippen molar-refractivity contribution in [3.8, 4) is 0 Å². The molecule has 1 amide bonds. The molecule has 1 N–H and O–H groups in total. The number of nitrogens with zero attached hydrogens (tertiary/aromatic N) is 3. The van der Waals surface area contributed by atoms with Gasteiger partial charge in [-0.05, 0) is 45.7 Å². The zero-order valence-electron chi connectivity index (χ0n) is 12.0. The van der Waals surface area contributed by atoms with E-state index in [0.717, 1.165) is 5.69 Å². The minimum Gasteiger partial charge on any atom is -0.320 e. The molecule has 9 heteroatoms. The number of non-ortho nitro benzene ring substituents is 1. The number of amides is 1. The predicted octanol–water partition coefficient (Wildman–Crippen LogP) is 3.72. The minimum absolute atomic E-state index is 0.0783. The smallest absolute Gasteiger partial charge is 0.271 e. The van der Waals surface area contributed by atoms with E-state index in [1.807, 2.05) is 0 Å². The molecule has 0 spiro atoms. The van der Waals surface area contributed by atoms with Crippen LogP contribution in [0.1, 0.15) is 21.7 Å². The van der Waals surface area contributed by atoms with Gasteiger partial charge in [-0.2, -0.15) is 5.10 Å². The molecular weight excluding hydrogens is 420 g/mol. The first-order chi connectivity index (χ1) is 10.2. The average molecular weight is 432 g/mol. The number of aryl methyl sites for hydroxylation is 2. The van der Waals surface area contributed by atoms with Crippen molar-refractivity contribution in [1.82, 2.24) is 9.78 Å². The lowest BCUT2D eigenvalue weighted by molar-refractivity contribution is -0.385. The number of carbonyl (C=O) groups is 1. The van der Waals surface area contributed by atoms with Gasteiger partial charge in [0.15, 0.2) is 0 Å². The van der Waals surface area contributed by atoms with Gasteiger partial charge in [0.05, 0.1) is 21.9 Å². The average Bonchev–Trinajstić information content (AvgIpc) is 2.67. The first-order valence-electron chi connectivity index (χ1n) is 6.17. The fourth-order valence-corrected chi connectivity index (χ4v) is 3.42. The van der Waals surface area contributed by atoms with E-state index in [2.05, 4.69) is 42.3 Å². The van der Waals surface area contributed by atoms with Crippen LogP contribution in [0.4, 0.5) is 11.4 Å². The van der Waals surface area contributed by atoms with E-state index in [9.17, 15) is 14.9 Å². The second-order valence-electron chi connectivity index (χ2n) is 4.67. The zero-order valence-corrected chi connectivity index (χ0v) is 15.1. The molecule has 0 bridgehead atoms. The second kappa shape index (κ2) is 6.17. The number of rotatable bonds is 3. The van der Waals surface area contributed by atoms with Gasteiger partial charge in [0.25, 0.3) is 11.6 Å². The van der Waals surface area contributed by atoms with Gasteiger partial charge in [-0.15, -0.1) is 0 Å². The molecule has 0 fully saturated rings. The van der Waals surface area contributed by atoms with Crippen molar-refractivity contribution in [2.45, 2.75) is 13.8 Å². The van der Waals surface area contributed by atoms with Gasteiger partial charge in [0, 0.05) is 33.8 Å². The van der Waals surface area contributed by atoms with E-state index in [1.54, 1.807) is 25.6 Å². The molecule has 0 aliphatic rings. The highest BCUT2D eigenvalue weighted by Crippen LogP contribution is 2.35. The lowest BCUT2D eigenvalue weighted by Crippen LogP contribution is -2.15. The summed E-state index contributed by atoms with van der Waals surface area (Å²) in [7, 11) is 1.76. The fourth-order valence-electron chi connectivity index (χ4n) is 2.06. The number of aromatic nitrogens is 2. The van der Waals surface area contributed by atoms with Gasteiger partial charge in [-0.3, -0.25) is 19.6 Å². The molecule has 2 rings (SSSR count). The van der Waals surface area contributed by atoms with Crippen molar-refractivity contribution in [2.24, 2.45) is 7.05 Å². The van der Waals surface area contributed by atoms with Crippen LogP contribution in [0.5, 0.6) is 0 Å². The van der Waals surface area contributed by atoms with Crippen molar-refractivity contribution in [3.63, 3.8) is 0 Å². The molecule has 1 aromatic carbocycles. The summed E-state index contributed by atoms with van der Waals surface area (Å²) in [6, 6.07) is 2.67. The third-order valence-corrected chi connectivity index (χ3v) is 4.46. The maximum atomic E-state index is 12.5. The van der Waals surface area contributed by atoms with Gasteiger partial charge < -0.3 is 5.32 Å². The van der Waals surface area contributed by atoms with Gasteiger partial charge in [-0.1, -0.05) is 0 Å². The summed E-state index contributed by atoms with van der Waals surface area (Å²) in [6.07, 6.45) is 0. The Labute approximate surface area is 143 Å². The van der Waals surface area contributed by atoms with E-state index >= 15 is 0 Å². The summed E-state index contributed by atoms with van der Waals surface area (Å²) in [5, 5.41) is 17.8. The Bertz CT molecular complexity index is 763. The third kappa shape index (κ3) is 3.05. The molecule has 0 atom stereocenters. The summed E-state index contributed by atoms with van der Waals surface area (Å²) in [4.78, 5) is 22.8. The number of nitro benzene ring substituents is 1. The summed E-state index contributed by atoms with van der Waals surface area (Å²) >= 11 is 6.48. The minimum atomic E-state index is -0.503. The maximum Gasteiger partial charge on any atom is 0.271 e. The third-order valence-electron chi connectivity index (χ3n) is 3.21. The number of hydrogen-bond donors (Lipinski definition) is 1. The van der Waals surface area contributed by atoms with Crippen molar-refractivity contribution in [2.75, 3.05) is 5.32 Å². The van der Waals surface area contributed by atoms with Crippen LogP contribution in [0.15, 0.2) is 21.1 Å². The molecule has 7 nitrogen and oxygen atoms in total. The van der Waals surface area contributed by atoms with Crippen LogP contribution in [0, 0.1) is 24.0 Å². The Morgan fingerprint density at radius 1 is 1.32 bits per heavy atom. The number of nitro groups is 1. The zero-order chi connectivity index (χ0) is 16.6.